The van der Waals surface area contributed by atoms with Gasteiger partial charge in [0.05, 0.1) is 18.3 Å². The van der Waals surface area contributed by atoms with Crippen LogP contribution in [0.5, 0.6) is 0 Å². The molecule has 7 heteroatoms. The molecule has 0 aromatic heterocycles. The summed E-state index contributed by atoms with van der Waals surface area (Å²) in [5.41, 5.74) is 0.561. The highest BCUT2D eigenvalue weighted by atomic mass is 79.9. The molecule has 0 aliphatic carbocycles. The van der Waals surface area contributed by atoms with Crippen molar-refractivity contribution >= 4 is 33.6 Å². The van der Waals surface area contributed by atoms with E-state index in [1.54, 1.807) is 11.0 Å². The summed E-state index contributed by atoms with van der Waals surface area (Å²) in [4.78, 5) is 24.7. The highest BCUT2D eigenvalue weighted by molar-refractivity contribution is 9.10. The molecule has 2 rings (SSSR count). The van der Waals surface area contributed by atoms with Gasteiger partial charge in [-0.1, -0.05) is 15.9 Å². The Morgan fingerprint density at radius 2 is 2.20 bits per heavy atom. The van der Waals surface area contributed by atoms with Crippen LogP contribution in [0.25, 0.3) is 0 Å². The molecule has 108 valence electrons. The van der Waals surface area contributed by atoms with E-state index in [0.717, 1.165) is 0 Å². The average molecular weight is 343 g/mol. The fraction of sp³-hybridized carbons (Fsp3) is 0.385. The number of carboxylic acids is 1. The number of benzene rings is 1. The van der Waals surface area contributed by atoms with Crippen molar-refractivity contribution < 1.29 is 19.4 Å². The number of halogens is 1. The van der Waals surface area contributed by atoms with Gasteiger partial charge in [0.25, 0.3) is 0 Å². The molecule has 20 heavy (non-hydrogen) atoms. The van der Waals surface area contributed by atoms with Gasteiger partial charge in [0.15, 0.2) is 0 Å². The lowest BCUT2D eigenvalue weighted by molar-refractivity contribution is -0.00138. The van der Waals surface area contributed by atoms with Gasteiger partial charge in [-0.05, 0) is 25.1 Å². The highest BCUT2D eigenvalue weighted by Gasteiger charge is 2.21. The Labute approximate surface area is 124 Å². The minimum Gasteiger partial charge on any atom is -0.478 e. The summed E-state index contributed by atoms with van der Waals surface area (Å²) in [7, 11) is 0. The standard InChI is InChI=1S/C13H15BrN2O4/c1-8-7-16(2-3-20-8)13(19)15-11-5-9(12(17)18)4-10(14)6-11/h4-6,8H,2-3,7H2,1H3,(H,15,19)(H,17,18). The fourth-order valence-electron chi connectivity index (χ4n) is 1.99. The number of ether oxygens (including phenoxy) is 1. The van der Waals surface area contributed by atoms with Crippen LogP contribution in [0.1, 0.15) is 17.3 Å². The van der Waals surface area contributed by atoms with Crippen LogP contribution in [0, 0.1) is 0 Å². The molecule has 0 radical (unpaired) electrons. The van der Waals surface area contributed by atoms with Crippen LogP contribution in [-0.2, 0) is 4.74 Å². The van der Waals surface area contributed by atoms with Crippen molar-refractivity contribution in [2.24, 2.45) is 0 Å². The number of rotatable bonds is 2. The molecule has 0 spiro atoms. The molecule has 0 saturated carbocycles. The van der Waals surface area contributed by atoms with Gasteiger partial charge in [-0.25, -0.2) is 9.59 Å². The topological polar surface area (TPSA) is 78.9 Å². The molecule has 1 saturated heterocycles. The molecule has 2 N–H and O–H groups in total. The molecule has 0 bridgehead atoms. The van der Waals surface area contributed by atoms with Gasteiger partial charge in [-0.15, -0.1) is 0 Å². The van der Waals surface area contributed by atoms with Crippen LogP contribution >= 0.6 is 15.9 Å². The van der Waals surface area contributed by atoms with Crippen LogP contribution in [0.4, 0.5) is 10.5 Å². The first-order valence-electron chi connectivity index (χ1n) is 6.17. The van der Waals surface area contributed by atoms with E-state index in [9.17, 15) is 9.59 Å². The monoisotopic (exact) mass is 342 g/mol. The maximum absolute atomic E-state index is 12.1. The number of anilines is 1. The maximum Gasteiger partial charge on any atom is 0.335 e. The van der Waals surface area contributed by atoms with Crippen molar-refractivity contribution in [3.63, 3.8) is 0 Å². The third-order valence-corrected chi connectivity index (χ3v) is 3.38. The van der Waals surface area contributed by atoms with E-state index in [-0.39, 0.29) is 17.7 Å². The zero-order valence-corrected chi connectivity index (χ0v) is 12.5. The van der Waals surface area contributed by atoms with E-state index < -0.39 is 5.97 Å². The normalized spacial score (nSPS) is 18.7. The molecule has 1 fully saturated rings. The Bertz CT molecular complexity index is 535. The Morgan fingerprint density at radius 1 is 1.45 bits per heavy atom. The second kappa shape index (κ2) is 6.23. The van der Waals surface area contributed by atoms with Crippen molar-refractivity contribution in [1.29, 1.82) is 0 Å². The fourth-order valence-corrected chi connectivity index (χ4v) is 2.48. The molecular formula is C13H15BrN2O4. The van der Waals surface area contributed by atoms with E-state index in [0.29, 0.717) is 29.9 Å². The van der Waals surface area contributed by atoms with Gasteiger partial charge >= 0.3 is 12.0 Å². The van der Waals surface area contributed by atoms with Crippen molar-refractivity contribution in [3.05, 3.63) is 28.2 Å². The Hall–Kier alpha value is -1.60. The molecule has 6 nitrogen and oxygen atoms in total. The van der Waals surface area contributed by atoms with Gasteiger partial charge < -0.3 is 20.1 Å². The van der Waals surface area contributed by atoms with Crippen LogP contribution < -0.4 is 5.32 Å². The molecule has 1 aromatic carbocycles. The predicted octanol–water partition coefficient (Wildman–Crippen LogP) is 2.40. The van der Waals surface area contributed by atoms with Gasteiger partial charge in [-0.3, -0.25) is 0 Å². The van der Waals surface area contributed by atoms with Crippen LogP contribution in [-0.4, -0.2) is 47.8 Å². The Kier molecular flexibility index (Phi) is 4.61. The molecule has 1 heterocycles. The lowest BCUT2D eigenvalue weighted by Crippen LogP contribution is -2.46. The SMILES string of the molecule is CC1CN(C(=O)Nc2cc(Br)cc(C(=O)O)c2)CCO1. The molecule has 1 unspecified atom stereocenters. The second-order valence-electron chi connectivity index (χ2n) is 4.59. The first kappa shape index (κ1) is 14.8. The summed E-state index contributed by atoms with van der Waals surface area (Å²) < 4.78 is 5.97. The summed E-state index contributed by atoms with van der Waals surface area (Å²) in [6.45, 7) is 3.45. The molecule has 1 aromatic rings. The van der Waals surface area contributed by atoms with Gasteiger partial charge in [0, 0.05) is 23.2 Å². The number of hydrogen-bond acceptors (Lipinski definition) is 3. The lowest BCUT2D eigenvalue weighted by atomic mass is 10.2. The number of urea groups is 1. The van der Waals surface area contributed by atoms with E-state index in [2.05, 4.69) is 21.2 Å². The van der Waals surface area contributed by atoms with Gasteiger partial charge in [0.2, 0.25) is 0 Å². The minimum absolute atomic E-state index is 0.00610. The third-order valence-electron chi connectivity index (χ3n) is 2.92. The Morgan fingerprint density at radius 3 is 2.85 bits per heavy atom. The summed E-state index contributed by atoms with van der Waals surface area (Å²) in [6, 6.07) is 4.31. The number of carbonyl (C=O) groups excluding carboxylic acids is 1. The van der Waals surface area contributed by atoms with E-state index in [4.69, 9.17) is 9.84 Å². The Balaban J connectivity index is 2.09. The van der Waals surface area contributed by atoms with Crippen molar-refractivity contribution in [2.75, 3.05) is 25.0 Å². The maximum atomic E-state index is 12.1. The summed E-state index contributed by atoms with van der Waals surface area (Å²) >= 11 is 3.23. The number of morpholine rings is 1. The first-order valence-corrected chi connectivity index (χ1v) is 6.96. The zero-order chi connectivity index (χ0) is 14.7. The first-order chi connectivity index (χ1) is 9.45. The summed E-state index contributed by atoms with van der Waals surface area (Å²) in [5.74, 6) is -1.04. The largest absolute Gasteiger partial charge is 0.478 e. The number of nitrogens with zero attached hydrogens (tertiary/aromatic N) is 1. The van der Waals surface area contributed by atoms with Crippen LogP contribution in [0.15, 0.2) is 22.7 Å². The van der Waals surface area contributed by atoms with Gasteiger partial charge in [-0.2, -0.15) is 0 Å². The molecule has 1 atom stereocenters. The molecule has 1 aliphatic rings. The van der Waals surface area contributed by atoms with Gasteiger partial charge in [0.1, 0.15) is 0 Å². The van der Waals surface area contributed by atoms with Crippen molar-refractivity contribution in [3.8, 4) is 0 Å². The number of carboxylic acid groups (broad SMARTS) is 1. The van der Waals surface area contributed by atoms with Crippen LogP contribution in [0.3, 0.4) is 0 Å². The minimum atomic E-state index is -1.04. The van der Waals surface area contributed by atoms with Crippen molar-refractivity contribution in [1.82, 2.24) is 4.90 Å². The van der Waals surface area contributed by atoms with Crippen LogP contribution in [0.2, 0.25) is 0 Å². The quantitative estimate of drug-likeness (QED) is 0.864. The number of nitrogens with one attached hydrogen (secondary N) is 1. The van der Waals surface area contributed by atoms with E-state index in [1.807, 2.05) is 6.92 Å². The third kappa shape index (κ3) is 3.71. The number of hydrogen-bond donors (Lipinski definition) is 2. The molecule has 1 aliphatic heterocycles. The number of carbonyl (C=O) groups is 2. The molecular weight excluding hydrogens is 328 g/mol. The van der Waals surface area contributed by atoms with E-state index >= 15 is 0 Å². The predicted molar refractivity (Wildman–Crippen MR) is 77.1 cm³/mol. The number of aromatic carboxylic acids is 1. The number of amides is 2. The molecule has 2 amide bonds. The van der Waals surface area contributed by atoms with E-state index in [1.165, 1.54) is 12.1 Å². The van der Waals surface area contributed by atoms with Crippen molar-refractivity contribution in [2.45, 2.75) is 13.0 Å². The lowest BCUT2D eigenvalue weighted by Gasteiger charge is -2.31. The summed E-state index contributed by atoms with van der Waals surface area (Å²) in [5, 5.41) is 11.7. The highest BCUT2D eigenvalue weighted by Crippen LogP contribution is 2.20. The smallest absolute Gasteiger partial charge is 0.335 e. The zero-order valence-electron chi connectivity index (χ0n) is 10.9. The summed E-state index contributed by atoms with van der Waals surface area (Å²) in [6.07, 6.45) is 0.00610. The average Bonchev–Trinajstić information content (AvgIpc) is 2.37. The second-order valence-corrected chi connectivity index (χ2v) is 5.51.